The predicted octanol–water partition coefficient (Wildman–Crippen LogP) is 3.76. The molecule has 1 aromatic heterocycles. The first-order valence-electron chi connectivity index (χ1n) is 9.56. The lowest BCUT2D eigenvalue weighted by Crippen LogP contribution is -2.39. The van der Waals surface area contributed by atoms with E-state index in [1.807, 2.05) is 6.07 Å². The third-order valence-electron chi connectivity index (χ3n) is 5.21. The Labute approximate surface area is 168 Å². The molecule has 1 saturated heterocycles. The maximum absolute atomic E-state index is 13.4. The highest BCUT2D eigenvalue weighted by Crippen LogP contribution is 2.31. The van der Waals surface area contributed by atoms with E-state index in [1.54, 1.807) is 54.3 Å². The van der Waals surface area contributed by atoms with E-state index in [0.717, 1.165) is 12.8 Å². The number of carbonyl (C=O) groups is 2. The van der Waals surface area contributed by atoms with Crippen molar-refractivity contribution in [2.75, 3.05) is 13.1 Å². The maximum atomic E-state index is 13.4. The fraction of sp³-hybridized carbons (Fsp3) is 0.273. The molecule has 0 radical (unpaired) electrons. The third kappa shape index (κ3) is 3.76. The molecule has 3 aromatic rings. The predicted molar refractivity (Wildman–Crippen MR) is 106 cm³/mol. The summed E-state index contributed by atoms with van der Waals surface area (Å²) in [5.41, 5.74) is 1.81. The van der Waals surface area contributed by atoms with Gasteiger partial charge in [0.25, 0.3) is 5.91 Å². The summed E-state index contributed by atoms with van der Waals surface area (Å²) in [6.45, 7) is 2.90. The second kappa shape index (κ2) is 7.87. The normalized spacial score (nSPS) is 16.6. The first-order chi connectivity index (χ1) is 14.0. The largest absolute Gasteiger partial charge is 0.478 e. The molecule has 0 spiro atoms. The average Bonchev–Trinajstić information content (AvgIpc) is 3.19. The second-order valence-corrected chi connectivity index (χ2v) is 7.17. The van der Waals surface area contributed by atoms with Gasteiger partial charge in [-0.15, -0.1) is 0 Å². The zero-order valence-electron chi connectivity index (χ0n) is 16.0. The zero-order valence-corrected chi connectivity index (χ0v) is 16.0. The summed E-state index contributed by atoms with van der Waals surface area (Å²) in [4.78, 5) is 31.1. The number of amides is 1. The summed E-state index contributed by atoms with van der Waals surface area (Å²) >= 11 is 0. The number of hydrogen-bond acceptors (Lipinski definition) is 5. The molecule has 29 heavy (non-hydrogen) atoms. The van der Waals surface area contributed by atoms with Crippen molar-refractivity contribution in [2.45, 2.75) is 25.7 Å². The number of rotatable bonds is 4. The maximum Gasteiger partial charge on any atom is 0.336 e. The number of carbonyl (C=O) groups excluding carboxylic acids is 1. The average molecular weight is 391 g/mol. The molecule has 2 aromatic carbocycles. The monoisotopic (exact) mass is 391 g/mol. The Morgan fingerprint density at radius 2 is 1.72 bits per heavy atom. The summed E-state index contributed by atoms with van der Waals surface area (Å²) in [5.74, 6) is 0.00494. The summed E-state index contributed by atoms with van der Waals surface area (Å²) in [6.07, 6.45) is 1.72. The third-order valence-corrected chi connectivity index (χ3v) is 5.21. The molecule has 1 amide bonds. The van der Waals surface area contributed by atoms with Crippen LogP contribution < -0.4 is 0 Å². The van der Waals surface area contributed by atoms with Gasteiger partial charge in [0.15, 0.2) is 5.82 Å². The van der Waals surface area contributed by atoms with E-state index in [1.165, 1.54) is 0 Å². The SMILES string of the molecule is Cc1noc(C2CCCN(C(=O)c3ccccc3-c3ccccc3C(=O)O)C2)n1. The Hall–Kier alpha value is -3.48. The van der Waals surface area contributed by atoms with Crippen LogP contribution >= 0.6 is 0 Å². The van der Waals surface area contributed by atoms with Crippen molar-refractivity contribution < 1.29 is 19.2 Å². The molecule has 1 aliphatic heterocycles. The molecule has 1 unspecified atom stereocenters. The van der Waals surface area contributed by atoms with Gasteiger partial charge in [0.1, 0.15) is 0 Å². The highest BCUT2D eigenvalue weighted by Gasteiger charge is 2.30. The van der Waals surface area contributed by atoms with Crippen molar-refractivity contribution in [3.63, 3.8) is 0 Å². The highest BCUT2D eigenvalue weighted by molar-refractivity contribution is 6.04. The Bertz CT molecular complexity index is 1060. The summed E-state index contributed by atoms with van der Waals surface area (Å²) in [6, 6.07) is 13.9. The molecule has 0 bridgehead atoms. The van der Waals surface area contributed by atoms with Crippen molar-refractivity contribution in [1.82, 2.24) is 15.0 Å². The van der Waals surface area contributed by atoms with Crippen LogP contribution in [-0.2, 0) is 0 Å². The van der Waals surface area contributed by atoms with E-state index >= 15 is 0 Å². The van der Waals surface area contributed by atoms with Crippen molar-refractivity contribution in [1.29, 1.82) is 0 Å². The van der Waals surface area contributed by atoms with Crippen LogP contribution in [-0.4, -0.2) is 45.1 Å². The first-order valence-corrected chi connectivity index (χ1v) is 9.56. The van der Waals surface area contributed by atoms with Gasteiger partial charge in [-0.25, -0.2) is 4.79 Å². The van der Waals surface area contributed by atoms with E-state index in [0.29, 0.717) is 41.5 Å². The molecule has 0 saturated carbocycles. The van der Waals surface area contributed by atoms with Crippen molar-refractivity contribution in [2.24, 2.45) is 0 Å². The number of aromatic nitrogens is 2. The minimum atomic E-state index is -1.02. The fourth-order valence-corrected chi connectivity index (χ4v) is 3.82. The Kier molecular flexibility index (Phi) is 5.12. The minimum absolute atomic E-state index is 0.00682. The Morgan fingerprint density at radius 3 is 2.38 bits per heavy atom. The molecule has 7 heteroatoms. The summed E-state index contributed by atoms with van der Waals surface area (Å²) < 4.78 is 5.31. The number of nitrogens with zero attached hydrogens (tertiary/aromatic N) is 3. The molecule has 2 heterocycles. The summed E-state index contributed by atoms with van der Waals surface area (Å²) in [7, 11) is 0. The van der Waals surface area contributed by atoms with Crippen molar-refractivity contribution in [3.8, 4) is 11.1 Å². The summed E-state index contributed by atoms with van der Waals surface area (Å²) in [5, 5.41) is 13.4. The Morgan fingerprint density at radius 1 is 1.07 bits per heavy atom. The van der Waals surface area contributed by atoms with Gasteiger partial charge in [0, 0.05) is 18.7 Å². The molecule has 1 atom stereocenters. The van der Waals surface area contributed by atoms with Crippen LogP contribution in [0.2, 0.25) is 0 Å². The van der Waals surface area contributed by atoms with Crippen LogP contribution in [0.25, 0.3) is 11.1 Å². The van der Waals surface area contributed by atoms with Gasteiger partial charge in [-0.05, 0) is 43.0 Å². The highest BCUT2D eigenvalue weighted by atomic mass is 16.5. The molecule has 4 rings (SSSR count). The lowest BCUT2D eigenvalue weighted by atomic mass is 9.93. The minimum Gasteiger partial charge on any atom is -0.478 e. The smallest absolute Gasteiger partial charge is 0.336 e. The van der Waals surface area contributed by atoms with Crippen molar-refractivity contribution >= 4 is 11.9 Å². The number of carboxylic acids is 1. The van der Waals surface area contributed by atoms with E-state index in [9.17, 15) is 14.7 Å². The molecular weight excluding hydrogens is 370 g/mol. The van der Waals surface area contributed by atoms with Gasteiger partial charge in [-0.3, -0.25) is 4.79 Å². The fourth-order valence-electron chi connectivity index (χ4n) is 3.82. The van der Waals surface area contributed by atoms with Crippen LogP contribution in [0.1, 0.15) is 51.2 Å². The standard InChI is InChI=1S/C22H21N3O4/c1-14-23-20(29-24-14)15-7-6-12-25(13-15)21(26)18-10-4-2-8-16(18)17-9-3-5-11-19(17)22(27)28/h2-5,8-11,15H,6-7,12-13H2,1H3,(H,27,28). The first kappa shape index (κ1) is 18.9. The van der Waals surface area contributed by atoms with E-state index in [4.69, 9.17) is 4.52 Å². The quantitative estimate of drug-likeness (QED) is 0.727. The van der Waals surface area contributed by atoms with Crippen LogP contribution in [0, 0.1) is 6.92 Å². The van der Waals surface area contributed by atoms with Crippen LogP contribution in [0.15, 0.2) is 53.1 Å². The molecule has 1 N–H and O–H groups in total. The molecular formula is C22H21N3O4. The van der Waals surface area contributed by atoms with E-state index in [-0.39, 0.29) is 17.4 Å². The molecule has 7 nitrogen and oxygen atoms in total. The number of hydrogen-bond donors (Lipinski definition) is 1. The van der Waals surface area contributed by atoms with Gasteiger partial charge >= 0.3 is 5.97 Å². The lowest BCUT2D eigenvalue weighted by molar-refractivity contribution is 0.0685. The zero-order chi connectivity index (χ0) is 20.4. The number of aromatic carboxylic acids is 1. The van der Waals surface area contributed by atoms with E-state index in [2.05, 4.69) is 10.1 Å². The number of aryl methyl sites for hydroxylation is 1. The van der Waals surface area contributed by atoms with E-state index < -0.39 is 5.97 Å². The number of likely N-dealkylation sites (tertiary alicyclic amines) is 1. The number of carboxylic acid groups (broad SMARTS) is 1. The lowest BCUT2D eigenvalue weighted by Gasteiger charge is -2.31. The van der Waals surface area contributed by atoms with Gasteiger partial charge in [-0.2, -0.15) is 4.98 Å². The molecule has 0 aliphatic carbocycles. The van der Waals surface area contributed by atoms with Gasteiger partial charge in [0.2, 0.25) is 5.89 Å². The number of piperidine rings is 1. The van der Waals surface area contributed by atoms with Crippen LogP contribution in [0.5, 0.6) is 0 Å². The van der Waals surface area contributed by atoms with Gasteiger partial charge in [0.05, 0.1) is 11.5 Å². The molecule has 148 valence electrons. The van der Waals surface area contributed by atoms with Crippen molar-refractivity contribution in [3.05, 3.63) is 71.4 Å². The van der Waals surface area contributed by atoms with Gasteiger partial charge in [-0.1, -0.05) is 41.6 Å². The van der Waals surface area contributed by atoms with Gasteiger partial charge < -0.3 is 14.5 Å². The van der Waals surface area contributed by atoms with Crippen LogP contribution in [0.4, 0.5) is 0 Å². The Balaban J connectivity index is 1.66. The number of benzene rings is 2. The molecule has 1 fully saturated rings. The van der Waals surface area contributed by atoms with Crippen LogP contribution in [0.3, 0.4) is 0 Å². The topological polar surface area (TPSA) is 96.5 Å². The second-order valence-electron chi connectivity index (χ2n) is 7.17. The molecule has 1 aliphatic rings.